The highest BCUT2D eigenvalue weighted by Gasteiger charge is 2.38. The van der Waals surface area contributed by atoms with Crippen molar-refractivity contribution in [2.45, 2.75) is 32.0 Å². The number of alkyl halides is 3. The van der Waals surface area contributed by atoms with E-state index in [0.717, 1.165) is 6.54 Å². The third-order valence-corrected chi connectivity index (χ3v) is 2.10. The smallest absolute Gasteiger partial charge is 0.475 e. The molecule has 94 valence electrons. The molecule has 16 heavy (non-hydrogen) atoms. The summed E-state index contributed by atoms with van der Waals surface area (Å²) in [5.41, 5.74) is 5.30. The lowest BCUT2D eigenvalue weighted by molar-refractivity contribution is -0.192. The molecule has 0 aliphatic carbocycles. The quantitative estimate of drug-likeness (QED) is 0.436. The minimum absolute atomic E-state index is 0.222. The Morgan fingerprint density at radius 3 is 2.12 bits per heavy atom. The van der Waals surface area contributed by atoms with Crippen LogP contribution in [0.3, 0.4) is 0 Å². The van der Waals surface area contributed by atoms with Crippen LogP contribution in [-0.2, 0) is 4.79 Å². The molecule has 1 aliphatic rings. The summed E-state index contributed by atoms with van der Waals surface area (Å²) in [5.74, 6) is -2.53. The molecule has 1 rings (SSSR count). The van der Waals surface area contributed by atoms with Gasteiger partial charge in [-0.2, -0.15) is 13.2 Å². The van der Waals surface area contributed by atoms with Gasteiger partial charge in [-0.1, -0.05) is 0 Å². The predicted octanol–water partition coefficient (Wildman–Crippen LogP) is 0.997. The lowest BCUT2D eigenvalue weighted by Gasteiger charge is -2.20. The van der Waals surface area contributed by atoms with E-state index >= 15 is 0 Å². The van der Waals surface area contributed by atoms with Gasteiger partial charge >= 0.3 is 12.1 Å². The number of nitrogens with zero attached hydrogens (tertiary/aromatic N) is 1. The van der Waals surface area contributed by atoms with Gasteiger partial charge in [0.1, 0.15) is 0 Å². The van der Waals surface area contributed by atoms with E-state index in [2.05, 4.69) is 6.92 Å². The summed E-state index contributed by atoms with van der Waals surface area (Å²) in [4.78, 5) is 10.8. The molecule has 0 aromatic carbocycles. The Morgan fingerprint density at radius 2 is 2.00 bits per heavy atom. The Kier molecular flexibility index (Phi) is 5.06. The molecule has 4 N–H and O–H groups in total. The number of nitrogens with one attached hydrogen (secondary N) is 1. The van der Waals surface area contributed by atoms with Gasteiger partial charge in [-0.25, -0.2) is 4.79 Å². The Bertz CT molecular complexity index is 268. The van der Waals surface area contributed by atoms with Crippen molar-refractivity contribution in [2.75, 3.05) is 6.54 Å². The predicted molar refractivity (Wildman–Crippen MR) is 51.0 cm³/mol. The fourth-order valence-electron chi connectivity index (χ4n) is 1.29. The van der Waals surface area contributed by atoms with Crippen LogP contribution in [0.4, 0.5) is 13.2 Å². The highest BCUT2D eigenvalue weighted by molar-refractivity contribution is 5.75. The maximum Gasteiger partial charge on any atom is 0.490 e. The summed E-state index contributed by atoms with van der Waals surface area (Å²) in [6.07, 6.45) is -2.72. The van der Waals surface area contributed by atoms with Gasteiger partial charge < -0.3 is 15.7 Å². The summed E-state index contributed by atoms with van der Waals surface area (Å²) < 4.78 is 31.7. The van der Waals surface area contributed by atoms with E-state index in [9.17, 15) is 13.2 Å². The largest absolute Gasteiger partial charge is 0.490 e. The SMILES string of the molecule is CC1CCCN1C(=N)N.O=C(O)C(F)(F)F. The molecule has 0 amide bonds. The Morgan fingerprint density at radius 1 is 1.56 bits per heavy atom. The van der Waals surface area contributed by atoms with Gasteiger partial charge in [-0.05, 0) is 19.8 Å². The molecular weight excluding hydrogens is 227 g/mol. The van der Waals surface area contributed by atoms with Crippen LogP contribution >= 0.6 is 0 Å². The van der Waals surface area contributed by atoms with Gasteiger partial charge in [0.15, 0.2) is 5.96 Å². The second kappa shape index (κ2) is 5.57. The van der Waals surface area contributed by atoms with Gasteiger partial charge in [-0.3, -0.25) is 5.41 Å². The molecule has 0 bridgehead atoms. The minimum atomic E-state index is -5.08. The van der Waals surface area contributed by atoms with E-state index in [4.69, 9.17) is 21.0 Å². The number of nitrogens with two attached hydrogens (primary N) is 1. The Balaban J connectivity index is 0.000000293. The van der Waals surface area contributed by atoms with Crippen molar-refractivity contribution >= 4 is 11.9 Å². The van der Waals surface area contributed by atoms with E-state index < -0.39 is 12.1 Å². The first-order valence-corrected chi connectivity index (χ1v) is 4.57. The number of carboxylic acids is 1. The summed E-state index contributed by atoms with van der Waals surface area (Å²) in [6.45, 7) is 3.07. The number of hydrogen-bond acceptors (Lipinski definition) is 2. The molecule has 5 nitrogen and oxygen atoms in total. The van der Waals surface area contributed by atoms with E-state index in [1.807, 2.05) is 4.90 Å². The molecule has 1 heterocycles. The summed E-state index contributed by atoms with van der Waals surface area (Å²) in [6, 6.07) is 0.488. The van der Waals surface area contributed by atoms with E-state index in [1.165, 1.54) is 12.8 Å². The first-order valence-electron chi connectivity index (χ1n) is 4.57. The average Bonchev–Trinajstić information content (AvgIpc) is 2.50. The van der Waals surface area contributed by atoms with E-state index in [0.29, 0.717) is 6.04 Å². The van der Waals surface area contributed by atoms with Crippen molar-refractivity contribution in [1.82, 2.24) is 4.90 Å². The Hall–Kier alpha value is -1.47. The van der Waals surface area contributed by atoms with Crippen LogP contribution in [0, 0.1) is 5.41 Å². The maximum absolute atomic E-state index is 10.6. The van der Waals surface area contributed by atoms with Gasteiger partial charge in [-0.15, -0.1) is 0 Å². The summed E-state index contributed by atoms with van der Waals surface area (Å²) in [7, 11) is 0. The number of rotatable bonds is 0. The maximum atomic E-state index is 10.6. The molecule has 1 unspecified atom stereocenters. The molecule has 1 aliphatic heterocycles. The third-order valence-electron chi connectivity index (χ3n) is 2.10. The standard InChI is InChI=1S/C6H13N3.C2HF3O2/c1-5-3-2-4-9(5)6(7)8;3-2(4,5)1(6)7/h5H,2-4H2,1H3,(H3,7,8);(H,6,7). The zero-order chi connectivity index (χ0) is 12.9. The summed E-state index contributed by atoms with van der Waals surface area (Å²) >= 11 is 0. The molecule has 1 saturated heterocycles. The second-order valence-corrected chi connectivity index (χ2v) is 3.37. The second-order valence-electron chi connectivity index (χ2n) is 3.37. The van der Waals surface area contributed by atoms with Gasteiger partial charge in [0.2, 0.25) is 0 Å². The van der Waals surface area contributed by atoms with Gasteiger partial charge in [0.05, 0.1) is 0 Å². The van der Waals surface area contributed by atoms with Crippen LogP contribution in [0.5, 0.6) is 0 Å². The number of aliphatic carboxylic acids is 1. The zero-order valence-corrected chi connectivity index (χ0v) is 8.71. The van der Waals surface area contributed by atoms with Crippen LogP contribution in [0.25, 0.3) is 0 Å². The molecule has 0 saturated carbocycles. The molecule has 0 radical (unpaired) electrons. The lowest BCUT2D eigenvalue weighted by Crippen LogP contribution is -2.38. The highest BCUT2D eigenvalue weighted by Crippen LogP contribution is 2.14. The zero-order valence-electron chi connectivity index (χ0n) is 8.71. The fourth-order valence-corrected chi connectivity index (χ4v) is 1.29. The topological polar surface area (TPSA) is 90.4 Å². The molecule has 1 atom stereocenters. The molecule has 8 heteroatoms. The number of hydrogen-bond donors (Lipinski definition) is 3. The number of guanidine groups is 1. The number of likely N-dealkylation sites (tertiary alicyclic amines) is 1. The lowest BCUT2D eigenvalue weighted by atomic mass is 10.2. The monoisotopic (exact) mass is 241 g/mol. The van der Waals surface area contributed by atoms with E-state index in [-0.39, 0.29) is 5.96 Å². The number of halogens is 3. The van der Waals surface area contributed by atoms with Crippen molar-refractivity contribution in [2.24, 2.45) is 5.73 Å². The third kappa shape index (κ3) is 4.85. The first-order chi connectivity index (χ1) is 7.16. The van der Waals surface area contributed by atoms with Crippen molar-refractivity contribution in [3.8, 4) is 0 Å². The Labute approximate surface area is 90.5 Å². The van der Waals surface area contributed by atoms with Gasteiger partial charge in [0, 0.05) is 12.6 Å². The number of carboxylic acid groups (broad SMARTS) is 1. The van der Waals surface area contributed by atoms with Crippen LogP contribution in [0.2, 0.25) is 0 Å². The number of carbonyl (C=O) groups is 1. The highest BCUT2D eigenvalue weighted by atomic mass is 19.4. The van der Waals surface area contributed by atoms with Crippen LogP contribution in [0.1, 0.15) is 19.8 Å². The molecule has 0 aromatic rings. The normalized spacial score (nSPS) is 20.0. The average molecular weight is 241 g/mol. The van der Waals surface area contributed by atoms with E-state index in [1.54, 1.807) is 0 Å². The van der Waals surface area contributed by atoms with Gasteiger partial charge in [0.25, 0.3) is 0 Å². The van der Waals surface area contributed by atoms with Crippen LogP contribution in [-0.4, -0.2) is 40.7 Å². The fraction of sp³-hybridized carbons (Fsp3) is 0.750. The molecule has 0 aromatic heterocycles. The minimum Gasteiger partial charge on any atom is -0.475 e. The van der Waals surface area contributed by atoms with Crippen molar-refractivity contribution in [1.29, 1.82) is 5.41 Å². The van der Waals surface area contributed by atoms with Crippen molar-refractivity contribution in [3.05, 3.63) is 0 Å². The van der Waals surface area contributed by atoms with Crippen LogP contribution < -0.4 is 5.73 Å². The first kappa shape index (κ1) is 14.5. The van der Waals surface area contributed by atoms with Crippen molar-refractivity contribution < 1.29 is 23.1 Å². The van der Waals surface area contributed by atoms with Crippen LogP contribution in [0.15, 0.2) is 0 Å². The molecule has 0 spiro atoms. The summed E-state index contributed by atoms with van der Waals surface area (Å²) in [5, 5.41) is 14.3. The molecular formula is C8H14F3N3O2. The molecule has 1 fully saturated rings. The van der Waals surface area contributed by atoms with Crippen molar-refractivity contribution in [3.63, 3.8) is 0 Å².